The summed E-state index contributed by atoms with van der Waals surface area (Å²) in [6.45, 7) is 0. The molecule has 0 radical (unpaired) electrons. The number of aromatic nitrogens is 1. The SMILES string of the molecule is Nc1c(Cl)c(Cl)nc(C(=O)NN=C2CC3C=CCC23)c1Cl. The number of hydrazone groups is 1. The van der Waals surface area contributed by atoms with E-state index in [0.717, 1.165) is 18.6 Å². The lowest BCUT2D eigenvalue weighted by molar-refractivity contribution is 0.0949. The van der Waals surface area contributed by atoms with Crippen molar-refractivity contribution in [1.82, 2.24) is 10.4 Å². The minimum Gasteiger partial charge on any atom is -0.396 e. The summed E-state index contributed by atoms with van der Waals surface area (Å²) >= 11 is 17.6. The van der Waals surface area contributed by atoms with Crippen LogP contribution >= 0.6 is 34.8 Å². The molecule has 2 atom stereocenters. The number of carbonyl (C=O) groups is 1. The van der Waals surface area contributed by atoms with Gasteiger partial charge in [0, 0.05) is 11.6 Å². The van der Waals surface area contributed by atoms with Gasteiger partial charge in [-0.1, -0.05) is 47.0 Å². The van der Waals surface area contributed by atoms with Gasteiger partial charge in [-0.2, -0.15) is 5.10 Å². The number of fused-ring (bicyclic) bond motifs is 1. The molecule has 2 aliphatic rings. The van der Waals surface area contributed by atoms with E-state index in [1.54, 1.807) is 0 Å². The summed E-state index contributed by atoms with van der Waals surface area (Å²) < 4.78 is 0. The van der Waals surface area contributed by atoms with Crippen LogP contribution in [0, 0.1) is 11.8 Å². The van der Waals surface area contributed by atoms with Crippen LogP contribution in [-0.4, -0.2) is 16.6 Å². The molecule has 110 valence electrons. The Morgan fingerprint density at radius 1 is 1.38 bits per heavy atom. The van der Waals surface area contributed by atoms with Crippen molar-refractivity contribution >= 4 is 52.1 Å². The molecule has 3 rings (SSSR count). The third-order valence-corrected chi connectivity index (χ3v) is 4.89. The normalized spacial score (nSPS) is 24.8. The topological polar surface area (TPSA) is 80.4 Å². The average Bonchev–Trinajstić information content (AvgIpc) is 2.82. The molecular formula is C13H11Cl3N4O. The Morgan fingerprint density at radius 2 is 2.14 bits per heavy atom. The second-order valence-electron chi connectivity index (χ2n) is 4.98. The summed E-state index contributed by atoms with van der Waals surface area (Å²) in [5.74, 6) is 0.405. The quantitative estimate of drug-likeness (QED) is 0.490. The first-order valence-electron chi connectivity index (χ1n) is 6.32. The number of rotatable bonds is 2. The molecule has 2 unspecified atom stereocenters. The number of anilines is 1. The Bertz CT molecular complexity index is 686. The molecule has 8 heteroatoms. The number of amides is 1. The molecular weight excluding hydrogens is 335 g/mol. The van der Waals surface area contributed by atoms with Crippen molar-refractivity contribution < 1.29 is 4.79 Å². The molecule has 1 aromatic rings. The van der Waals surface area contributed by atoms with E-state index in [-0.39, 0.29) is 26.6 Å². The lowest BCUT2D eigenvalue weighted by atomic mass is 9.74. The van der Waals surface area contributed by atoms with Crippen LogP contribution in [0.3, 0.4) is 0 Å². The predicted molar refractivity (Wildman–Crippen MR) is 83.9 cm³/mol. The number of carbonyl (C=O) groups excluding carboxylic acids is 1. The van der Waals surface area contributed by atoms with E-state index in [1.165, 1.54) is 0 Å². The zero-order valence-electron chi connectivity index (χ0n) is 10.7. The van der Waals surface area contributed by atoms with Gasteiger partial charge in [-0.3, -0.25) is 4.79 Å². The van der Waals surface area contributed by atoms with Crippen molar-refractivity contribution in [3.05, 3.63) is 33.0 Å². The summed E-state index contributed by atoms with van der Waals surface area (Å²) in [5.41, 5.74) is 9.03. The van der Waals surface area contributed by atoms with Gasteiger partial charge in [0.1, 0.15) is 5.02 Å². The van der Waals surface area contributed by atoms with Crippen LogP contribution in [0.2, 0.25) is 15.2 Å². The fourth-order valence-corrected chi connectivity index (χ4v) is 3.11. The highest BCUT2D eigenvalue weighted by molar-refractivity contribution is 6.46. The monoisotopic (exact) mass is 344 g/mol. The first-order chi connectivity index (χ1) is 9.99. The first-order valence-corrected chi connectivity index (χ1v) is 7.46. The molecule has 21 heavy (non-hydrogen) atoms. The Labute approximate surface area is 136 Å². The Hall–Kier alpha value is -1.30. The van der Waals surface area contributed by atoms with Crippen LogP contribution in [-0.2, 0) is 0 Å². The second kappa shape index (κ2) is 5.48. The molecule has 0 saturated heterocycles. The molecule has 1 heterocycles. The van der Waals surface area contributed by atoms with Gasteiger partial charge < -0.3 is 5.73 Å². The molecule has 0 aliphatic heterocycles. The zero-order chi connectivity index (χ0) is 15.1. The van der Waals surface area contributed by atoms with Crippen molar-refractivity contribution in [1.29, 1.82) is 0 Å². The number of nitrogens with two attached hydrogens (primary N) is 1. The van der Waals surface area contributed by atoms with Crippen LogP contribution in [0.25, 0.3) is 0 Å². The molecule has 1 amide bonds. The fourth-order valence-electron chi connectivity index (χ4n) is 2.52. The van der Waals surface area contributed by atoms with E-state index in [4.69, 9.17) is 40.5 Å². The van der Waals surface area contributed by atoms with E-state index in [2.05, 4.69) is 27.7 Å². The maximum Gasteiger partial charge on any atom is 0.291 e. The summed E-state index contributed by atoms with van der Waals surface area (Å²) in [4.78, 5) is 15.9. The van der Waals surface area contributed by atoms with Gasteiger partial charge in [0.05, 0.1) is 10.7 Å². The van der Waals surface area contributed by atoms with Gasteiger partial charge in [0.15, 0.2) is 10.8 Å². The van der Waals surface area contributed by atoms with Crippen molar-refractivity contribution in [3.63, 3.8) is 0 Å². The summed E-state index contributed by atoms with van der Waals surface area (Å²) in [6, 6.07) is 0. The summed E-state index contributed by atoms with van der Waals surface area (Å²) in [5, 5.41) is 4.06. The van der Waals surface area contributed by atoms with Gasteiger partial charge >= 0.3 is 0 Å². The molecule has 1 saturated carbocycles. The number of nitrogens with zero attached hydrogens (tertiary/aromatic N) is 2. The maximum absolute atomic E-state index is 12.1. The molecule has 2 aliphatic carbocycles. The Kier molecular flexibility index (Phi) is 3.82. The molecule has 0 aromatic carbocycles. The average molecular weight is 346 g/mol. The third-order valence-electron chi connectivity index (χ3n) is 3.75. The van der Waals surface area contributed by atoms with Crippen LogP contribution in [0.15, 0.2) is 17.3 Å². The molecule has 0 bridgehead atoms. The van der Waals surface area contributed by atoms with Crippen molar-refractivity contribution in [2.75, 3.05) is 5.73 Å². The second-order valence-corrected chi connectivity index (χ2v) is 6.09. The molecule has 1 fully saturated rings. The minimum atomic E-state index is -0.563. The summed E-state index contributed by atoms with van der Waals surface area (Å²) in [6.07, 6.45) is 6.16. The zero-order valence-corrected chi connectivity index (χ0v) is 13.0. The molecule has 3 N–H and O–H groups in total. The number of nitrogens with one attached hydrogen (secondary N) is 1. The van der Waals surface area contributed by atoms with E-state index in [0.29, 0.717) is 11.8 Å². The van der Waals surface area contributed by atoms with Crippen molar-refractivity contribution in [3.8, 4) is 0 Å². The van der Waals surface area contributed by atoms with E-state index in [9.17, 15) is 4.79 Å². The highest BCUT2D eigenvalue weighted by atomic mass is 35.5. The predicted octanol–water partition coefficient (Wildman–Crippen LogP) is 3.31. The Balaban J connectivity index is 1.76. The molecule has 0 spiro atoms. The summed E-state index contributed by atoms with van der Waals surface area (Å²) in [7, 11) is 0. The maximum atomic E-state index is 12.1. The largest absolute Gasteiger partial charge is 0.396 e. The van der Waals surface area contributed by atoms with E-state index < -0.39 is 5.91 Å². The number of nitrogen functional groups attached to an aromatic ring is 1. The number of pyridine rings is 1. The van der Waals surface area contributed by atoms with Crippen molar-refractivity contribution in [2.45, 2.75) is 12.8 Å². The van der Waals surface area contributed by atoms with Crippen LogP contribution < -0.4 is 11.2 Å². The molecule has 5 nitrogen and oxygen atoms in total. The van der Waals surface area contributed by atoms with Gasteiger partial charge in [-0.25, -0.2) is 10.4 Å². The minimum absolute atomic E-state index is 0.0276. The first kappa shape index (κ1) is 14.6. The van der Waals surface area contributed by atoms with Gasteiger partial charge in [-0.05, 0) is 18.8 Å². The van der Waals surface area contributed by atoms with E-state index in [1.807, 2.05) is 0 Å². The number of allylic oxidation sites excluding steroid dienone is 2. The third kappa shape index (κ3) is 2.50. The highest BCUT2D eigenvalue weighted by Crippen LogP contribution is 2.40. The number of halogens is 3. The lowest BCUT2D eigenvalue weighted by Gasteiger charge is -2.31. The van der Waals surface area contributed by atoms with Crippen LogP contribution in [0.5, 0.6) is 0 Å². The van der Waals surface area contributed by atoms with Crippen LogP contribution in [0.4, 0.5) is 5.69 Å². The van der Waals surface area contributed by atoms with Gasteiger partial charge in [0.2, 0.25) is 0 Å². The fraction of sp³-hybridized carbons (Fsp3) is 0.308. The number of hydrogen-bond donors (Lipinski definition) is 2. The van der Waals surface area contributed by atoms with Gasteiger partial charge in [0.25, 0.3) is 5.91 Å². The lowest BCUT2D eigenvalue weighted by Crippen LogP contribution is -2.35. The standard InChI is InChI=1S/C13H11Cl3N4O/c14-8-10(17)9(15)12(16)18-11(8)13(21)20-19-7-4-5-2-1-3-6(5)7/h1-2,5-6H,3-4H2,(H2,17,18)(H,20,21). The molecule has 1 aromatic heterocycles. The smallest absolute Gasteiger partial charge is 0.291 e. The number of hydrogen-bond acceptors (Lipinski definition) is 4. The highest BCUT2D eigenvalue weighted by Gasteiger charge is 2.38. The Morgan fingerprint density at radius 3 is 2.86 bits per heavy atom. The van der Waals surface area contributed by atoms with Crippen molar-refractivity contribution in [2.24, 2.45) is 16.9 Å². The van der Waals surface area contributed by atoms with Crippen LogP contribution in [0.1, 0.15) is 23.3 Å². The van der Waals surface area contributed by atoms with E-state index >= 15 is 0 Å². The van der Waals surface area contributed by atoms with Gasteiger partial charge in [-0.15, -0.1) is 0 Å².